The summed E-state index contributed by atoms with van der Waals surface area (Å²) in [4.78, 5) is 7.02. The number of aryl methyl sites for hydroxylation is 1. The van der Waals surface area contributed by atoms with E-state index in [1.165, 1.54) is 30.7 Å². The Bertz CT molecular complexity index is 1070. The number of fused-ring (bicyclic) bond motifs is 1. The van der Waals surface area contributed by atoms with Crippen molar-refractivity contribution in [2.45, 2.75) is 51.6 Å². The van der Waals surface area contributed by atoms with Crippen LogP contribution in [-0.2, 0) is 12.7 Å². The third-order valence-electron chi connectivity index (χ3n) is 7.66. The van der Waals surface area contributed by atoms with E-state index in [4.69, 9.17) is 0 Å². The van der Waals surface area contributed by atoms with E-state index in [1.54, 1.807) is 0 Å². The van der Waals surface area contributed by atoms with Crippen molar-refractivity contribution in [3.8, 4) is 11.3 Å². The molecule has 30 heavy (non-hydrogen) atoms. The predicted molar refractivity (Wildman–Crippen MR) is 121 cm³/mol. The number of aromatic nitrogens is 2. The lowest BCUT2D eigenvalue weighted by Crippen LogP contribution is -2.46. The van der Waals surface area contributed by atoms with E-state index < -0.39 is 5.67 Å². The number of likely N-dealkylation sites (tertiary alicyclic amines) is 1. The molecule has 0 amide bonds. The average Bonchev–Trinajstić information content (AvgIpc) is 3.06. The van der Waals surface area contributed by atoms with Gasteiger partial charge in [0.25, 0.3) is 0 Å². The van der Waals surface area contributed by atoms with E-state index >= 15 is 4.39 Å². The predicted octanol–water partition coefficient (Wildman–Crippen LogP) is 6.00. The lowest BCUT2D eigenvalue weighted by Gasteiger charge is -2.45. The second-order valence-corrected chi connectivity index (χ2v) is 9.96. The molecule has 2 aromatic heterocycles. The number of rotatable bonds is 4. The molecule has 5 rings (SSSR count). The molecule has 0 spiro atoms. The van der Waals surface area contributed by atoms with Gasteiger partial charge in [-0.2, -0.15) is 0 Å². The summed E-state index contributed by atoms with van der Waals surface area (Å²) in [6, 6.07) is 12.7. The maximum absolute atomic E-state index is 15.9. The van der Waals surface area contributed by atoms with Gasteiger partial charge in [-0.05, 0) is 73.2 Å². The van der Waals surface area contributed by atoms with Gasteiger partial charge in [0.1, 0.15) is 0 Å². The van der Waals surface area contributed by atoms with Crippen LogP contribution in [0.4, 0.5) is 4.39 Å². The molecular weight excluding hydrogens is 373 g/mol. The molecule has 3 heterocycles. The van der Waals surface area contributed by atoms with Crippen molar-refractivity contribution >= 4 is 10.8 Å². The van der Waals surface area contributed by atoms with Crippen LogP contribution in [0.25, 0.3) is 22.0 Å². The second-order valence-electron chi connectivity index (χ2n) is 9.96. The molecule has 1 aliphatic heterocycles. The number of hydrogen-bond donors (Lipinski definition) is 0. The molecule has 1 saturated heterocycles. The van der Waals surface area contributed by atoms with Gasteiger partial charge in [0.05, 0.1) is 5.69 Å². The molecule has 1 aromatic carbocycles. The summed E-state index contributed by atoms with van der Waals surface area (Å²) < 4.78 is 18.1. The molecule has 0 unspecified atom stereocenters. The molecule has 0 radical (unpaired) electrons. The Morgan fingerprint density at radius 1 is 1.00 bits per heavy atom. The highest BCUT2D eigenvalue weighted by Crippen LogP contribution is 2.43. The minimum absolute atomic E-state index is 0.462. The smallest absolute Gasteiger partial charge is 0.155 e. The number of alkyl halides is 1. The van der Waals surface area contributed by atoms with Crippen LogP contribution >= 0.6 is 0 Å². The van der Waals surface area contributed by atoms with Crippen molar-refractivity contribution in [2.75, 3.05) is 19.6 Å². The first-order valence-corrected chi connectivity index (χ1v) is 11.3. The van der Waals surface area contributed by atoms with Crippen molar-refractivity contribution in [2.24, 2.45) is 12.5 Å². The fourth-order valence-electron chi connectivity index (χ4n) is 5.25. The van der Waals surface area contributed by atoms with Crippen LogP contribution in [0.5, 0.6) is 0 Å². The van der Waals surface area contributed by atoms with E-state index in [0.29, 0.717) is 24.0 Å². The second kappa shape index (κ2) is 7.19. The summed E-state index contributed by atoms with van der Waals surface area (Å²) in [5.74, 6) is 0. The number of piperidine rings is 1. The molecule has 3 nitrogen and oxygen atoms in total. The van der Waals surface area contributed by atoms with Crippen molar-refractivity contribution in [3.63, 3.8) is 0 Å². The fourth-order valence-corrected chi connectivity index (χ4v) is 5.25. The lowest BCUT2D eigenvalue weighted by atomic mass is 9.70. The fraction of sp³-hybridized carbons (Fsp3) is 0.500. The van der Waals surface area contributed by atoms with Gasteiger partial charge < -0.3 is 9.47 Å². The largest absolute Gasteiger partial charge is 0.348 e. The zero-order valence-corrected chi connectivity index (χ0v) is 18.4. The van der Waals surface area contributed by atoms with E-state index in [2.05, 4.69) is 65.7 Å². The van der Waals surface area contributed by atoms with Crippen LogP contribution in [0.15, 0.2) is 42.6 Å². The standard InChI is InChI=1S/C26H32FN3/c1-19-5-8-23(29(19)3)20-6-7-21-17-28-24(16-22(21)15-20)26(27)11-13-30(14-12-26)18-25(2)9-4-10-25/h5-8,15-17H,4,9-14,18H2,1-3H3. The monoisotopic (exact) mass is 405 g/mol. The first-order chi connectivity index (χ1) is 14.4. The summed E-state index contributed by atoms with van der Waals surface area (Å²) in [6.45, 7) is 7.26. The summed E-state index contributed by atoms with van der Waals surface area (Å²) >= 11 is 0. The van der Waals surface area contributed by atoms with Gasteiger partial charge in [-0.25, -0.2) is 4.39 Å². The zero-order chi connectivity index (χ0) is 20.9. The van der Waals surface area contributed by atoms with Gasteiger partial charge in [0, 0.05) is 49.7 Å². The molecule has 2 fully saturated rings. The molecule has 0 bridgehead atoms. The van der Waals surface area contributed by atoms with Crippen molar-refractivity contribution < 1.29 is 4.39 Å². The number of nitrogens with zero attached hydrogens (tertiary/aromatic N) is 3. The van der Waals surface area contributed by atoms with Crippen LogP contribution in [0.2, 0.25) is 0 Å². The molecule has 1 aliphatic carbocycles. The lowest BCUT2D eigenvalue weighted by molar-refractivity contribution is 0.0145. The Kier molecular flexibility index (Phi) is 4.73. The topological polar surface area (TPSA) is 21.1 Å². The third kappa shape index (κ3) is 3.45. The Hall–Kier alpha value is -2.20. The van der Waals surface area contributed by atoms with Gasteiger partial charge in [-0.15, -0.1) is 0 Å². The highest BCUT2D eigenvalue weighted by molar-refractivity contribution is 5.86. The Morgan fingerprint density at radius 3 is 2.40 bits per heavy atom. The molecule has 0 atom stereocenters. The van der Waals surface area contributed by atoms with Gasteiger partial charge in [0.2, 0.25) is 0 Å². The molecule has 158 valence electrons. The van der Waals surface area contributed by atoms with Gasteiger partial charge >= 0.3 is 0 Å². The van der Waals surface area contributed by atoms with Crippen LogP contribution in [0, 0.1) is 12.3 Å². The van der Waals surface area contributed by atoms with Crippen molar-refractivity contribution in [3.05, 3.63) is 54.0 Å². The van der Waals surface area contributed by atoms with Gasteiger partial charge in [0.15, 0.2) is 5.67 Å². The summed E-state index contributed by atoms with van der Waals surface area (Å²) in [7, 11) is 2.08. The summed E-state index contributed by atoms with van der Waals surface area (Å²) in [6.07, 6.45) is 6.91. The van der Waals surface area contributed by atoms with E-state index in [0.717, 1.165) is 36.0 Å². The first kappa shape index (κ1) is 19.7. The normalized spacial score (nSPS) is 20.9. The molecule has 2 aliphatic rings. The number of halogens is 1. The van der Waals surface area contributed by atoms with Crippen LogP contribution in [0.3, 0.4) is 0 Å². The maximum atomic E-state index is 15.9. The zero-order valence-electron chi connectivity index (χ0n) is 18.4. The van der Waals surface area contributed by atoms with Crippen molar-refractivity contribution in [1.82, 2.24) is 14.5 Å². The minimum Gasteiger partial charge on any atom is -0.348 e. The summed E-state index contributed by atoms with van der Waals surface area (Å²) in [5, 5.41) is 2.13. The van der Waals surface area contributed by atoms with Crippen LogP contribution in [-0.4, -0.2) is 34.1 Å². The maximum Gasteiger partial charge on any atom is 0.155 e. The first-order valence-electron chi connectivity index (χ1n) is 11.3. The number of hydrogen-bond acceptors (Lipinski definition) is 2. The minimum atomic E-state index is -1.32. The Balaban J connectivity index is 1.38. The number of pyridine rings is 1. The molecule has 4 heteroatoms. The highest BCUT2D eigenvalue weighted by atomic mass is 19.1. The molecule has 0 N–H and O–H groups in total. The van der Waals surface area contributed by atoms with Crippen LogP contribution < -0.4 is 0 Å². The van der Waals surface area contributed by atoms with E-state index in [1.807, 2.05) is 12.3 Å². The Morgan fingerprint density at radius 2 is 1.77 bits per heavy atom. The SMILES string of the molecule is Cc1ccc(-c2ccc3cnc(C4(F)CCN(CC5(C)CCC5)CC4)cc3c2)n1C. The summed E-state index contributed by atoms with van der Waals surface area (Å²) in [5.41, 5.74) is 3.31. The molecule has 3 aromatic rings. The molecule has 1 saturated carbocycles. The van der Waals surface area contributed by atoms with E-state index in [-0.39, 0.29) is 0 Å². The Labute approximate surface area is 178 Å². The quantitative estimate of drug-likeness (QED) is 0.531. The van der Waals surface area contributed by atoms with Crippen LogP contribution in [0.1, 0.15) is 50.4 Å². The van der Waals surface area contributed by atoms with E-state index in [9.17, 15) is 0 Å². The highest BCUT2D eigenvalue weighted by Gasteiger charge is 2.40. The molecular formula is C26H32FN3. The third-order valence-corrected chi connectivity index (χ3v) is 7.66. The van der Waals surface area contributed by atoms with Gasteiger partial charge in [-0.1, -0.05) is 25.5 Å². The number of benzene rings is 1. The van der Waals surface area contributed by atoms with Crippen molar-refractivity contribution in [1.29, 1.82) is 0 Å². The average molecular weight is 406 g/mol. The van der Waals surface area contributed by atoms with Gasteiger partial charge in [-0.3, -0.25) is 4.98 Å².